The topological polar surface area (TPSA) is 83.9 Å². The number of likely N-dealkylation sites (tertiary alicyclic amines) is 1. The number of sulfone groups is 1. The number of methoxy groups -OCH3 is 1. The van der Waals surface area contributed by atoms with Gasteiger partial charge in [-0.05, 0) is 89.4 Å². The van der Waals surface area contributed by atoms with E-state index >= 15 is 4.39 Å². The summed E-state index contributed by atoms with van der Waals surface area (Å²) in [5.41, 5.74) is -6.91. The van der Waals surface area contributed by atoms with E-state index in [-0.39, 0.29) is 59.7 Å². The van der Waals surface area contributed by atoms with Gasteiger partial charge in [-0.15, -0.1) is 0 Å². The Morgan fingerprint density at radius 1 is 1.00 bits per heavy atom. The monoisotopic (exact) mass is 771 g/mol. The summed E-state index contributed by atoms with van der Waals surface area (Å²) in [7, 11) is -3.00. The lowest BCUT2D eigenvalue weighted by Gasteiger charge is -2.43. The van der Waals surface area contributed by atoms with Crippen molar-refractivity contribution in [1.82, 2.24) is 4.90 Å². The van der Waals surface area contributed by atoms with Crippen molar-refractivity contribution in [2.45, 2.75) is 59.5 Å². The quantitative estimate of drug-likeness (QED) is 0.203. The number of fused-ring (bicyclic) bond motifs is 3. The van der Waals surface area contributed by atoms with Crippen molar-refractivity contribution < 1.29 is 53.8 Å². The zero-order valence-electron chi connectivity index (χ0n) is 23.3. The number of hydrogen-bond acceptors (Lipinski definition) is 5. The van der Waals surface area contributed by atoms with Crippen LogP contribution < -0.4 is 4.74 Å². The molecule has 1 fully saturated rings. The second kappa shape index (κ2) is 11.4. The summed E-state index contributed by atoms with van der Waals surface area (Å²) in [5, 5.41) is 9.35. The van der Waals surface area contributed by atoms with Crippen LogP contribution in [0.15, 0.2) is 65.6 Å². The Hall–Kier alpha value is -2.92. The zero-order chi connectivity index (χ0) is 33.2. The molecule has 0 amide bonds. The Morgan fingerprint density at radius 3 is 2.22 bits per heavy atom. The fourth-order valence-corrected chi connectivity index (χ4v) is 9.31. The highest BCUT2D eigenvalue weighted by Crippen LogP contribution is 2.57. The summed E-state index contributed by atoms with van der Waals surface area (Å²) in [6.07, 6.45) is -12.8. The van der Waals surface area contributed by atoms with Gasteiger partial charge in [0.1, 0.15) is 10.5 Å². The Kier molecular flexibility index (Phi) is 8.47. The number of rotatable bonds is 7. The molecular formula is C30H25F7INO5S. The predicted octanol–water partition coefficient (Wildman–Crippen LogP) is 7.18. The van der Waals surface area contributed by atoms with Gasteiger partial charge in [-0.25, -0.2) is 17.6 Å². The van der Waals surface area contributed by atoms with Crippen LogP contribution in [0.5, 0.6) is 5.75 Å². The highest BCUT2D eigenvalue weighted by molar-refractivity contribution is 14.1. The summed E-state index contributed by atoms with van der Waals surface area (Å²) in [5.74, 6) is -0.937. The van der Waals surface area contributed by atoms with Crippen molar-refractivity contribution in [1.29, 1.82) is 0 Å². The van der Waals surface area contributed by atoms with Gasteiger partial charge in [-0.3, -0.25) is 4.90 Å². The number of halogens is 8. The van der Waals surface area contributed by atoms with E-state index in [2.05, 4.69) is 0 Å². The van der Waals surface area contributed by atoms with Gasteiger partial charge >= 0.3 is 24.0 Å². The Bertz CT molecular complexity index is 1730. The number of benzene rings is 3. The van der Waals surface area contributed by atoms with Gasteiger partial charge in [-0.2, -0.15) is 26.3 Å². The minimum atomic E-state index is -6.32. The van der Waals surface area contributed by atoms with Crippen molar-refractivity contribution in [2.75, 3.05) is 13.7 Å². The number of ether oxygens (including phenoxy) is 1. The van der Waals surface area contributed by atoms with Crippen molar-refractivity contribution in [3.8, 4) is 5.75 Å². The number of aromatic carboxylic acids is 1. The third-order valence-corrected chi connectivity index (χ3v) is 12.0. The standard InChI is InChI=1S/C30H25F7INO5S/c1-44-24-15-18(26(40)41)2-3-19(24)16-39-13-12-27(45(42,43)22-8-6-21(38)7-9-22)23-10-5-20(14-17(23)4-11-25(27)39)28(31,29(32,33)34)30(35,36)37/h2-3,5-10,14-15,25H,4,11-13,16H2,1H3,(H,40,41)/t25-,27-/m1/s1. The molecule has 0 aromatic heterocycles. The van der Waals surface area contributed by atoms with Gasteiger partial charge in [0.05, 0.1) is 17.6 Å². The number of aryl methyl sites for hydroxylation is 1. The molecule has 0 unspecified atom stereocenters. The third kappa shape index (κ3) is 5.27. The van der Waals surface area contributed by atoms with Crippen molar-refractivity contribution in [3.63, 3.8) is 0 Å². The average Bonchev–Trinajstić information content (AvgIpc) is 3.35. The van der Waals surface area contributed by atoms with Crippen molar-refractivity contribution in [3.05, 3.63) is 92.1 Å². The highest BCUT2D eigenvalue weighted by Gasteiger charge is 2.73. The maximum Gasteiger partial charge on any atom is 0.435 e. The second-order valence-electron chi connectivity index (χ2n) is 11.0. The Morgan fingerprint density at radius 2 is 1.64 bits per heavy atom. The number of hydrogen-bond donors (Lipinski definition) is 1. The van der Waals surface area contributed by atoms with Gasteiger partial charge in [0.2, 0.25) is 0 Å². The summed E-state index contributed by atoms with van der Waals surface area (Å²) >= 11 is 1.99. The molecule has 0 spiro atoms. The fourth-order valence-electron chi connectivity index (χ4n) is 6.56. The molecule has 3 aromatic carbocycles. The molecule has 2 aliphatic rings. The molecule has 1 N–H and O–H groups in total. The molecule has 1 heterocycles. The number of nitrogens with zero attached hydrogens (tertiary/aromatic N) is 1. The summed E-state index contributed by atoms with van der Waals surface area (Å²) in [6.45, 7) is 0.276. The van der Waals surface area contributed by atoms with Gasteiger partial charge in [0.15, 0.2) is 9.84 Å². The molecule has 1 aliphatic heterocycles. The molecule has 0 bridgehead atoms. The molecule has 2 atom stereocenters. The number of carboxylic acid groups (broad SMARTS) is 1. The number of carboxylic acids is 1. The van der Waals surface area contributed by atoms with Crippen LogP contribution in [-0.2, 0) is 33.2 Å². The average molecular weight is 771 g/mol. The largest absolute Gasteiger partial charge is 0.496 e. The molecule has 0 radical (unpaired) electrons. The van der Waals surface area contributed by atoms with E-state index in [1.165, 1.54) is 37.4 Å². The molecule has 0 saturated carbocycles. The smallest absolute Gasteiger partial charge is 0.435 e. The lowest BCUT2D eigenvalue weighted by atomic mass is 9.76. The number of alkyl halides is 7. The van der Waals surface area contributed by atoms with Gasteiger partial charge < -0.3 is 9.84 Å². The Balaban J connectivity index is 1.66. The molecule has 6 nitrogen and oxygen atoms in total. The molecule has 1 aliphatic carbocycles. The SMILES string of the molecule is COc1cc(C(=O)O)ccc1CN1CC[C@@]2(S(=O)(=O)c3ccc(I)cc3)c3ccc(C(F)(C(F)(F)F)C(F)(F)F)cc3CC[C@@H]12. The van der Waals surface area contributed by atoms with E-state index in [9.17, 15) is 44.7 Å². The lowest BCUT2D eigenvalue weighted by Crippen LogP contribution is -2.52. The van der Waals surface area contributed by atoms with Crippen LogP contribution >= 0.6 is 22.6 Å². The van der Waals surface area contributed by atoms with Crippen LogP contribution in [-0.4, -0.2) is 56.4 Å². The molecular weight excluding hydrogens is 746 g/mol. The fraction of sp³-hybridized carbons (Fsp3) is 0.367. The summed E-state index contributed by atoms with van der Waals surface area (Å²) < 4.78 is 130. The Labute approximate surface area is 267 Å². The van der Waals surface area contributed by atoms with Crippen LogP contribution in [0.4, 0.5) is 30.7 Å². The molecule has 242 valence electrons. The first kappa shape index (κ1) is 33.4. The molecule has 1 saturated heterocycles. The van der Waals surface area contributed by atoms with Crippen molar-refractivity contribution in [2.24, 2.45) is 0 Å². The van der Waals surface area contributed by atoms with E-state index in [1.54, 1.807) is 12.1 Å². The van der Waals surface area contributed by atoms with E-state index in [1.807, 2.05) is 27.5 Å². The minimum absolute atomic E-state index is 0.0171. The maximum absolute atomic E-state index is 15.0. The first-order valence-electron chi connectivity index (χ1n) is 13.5. The number of carbonyl (C=O) groups is 1. The minimum Gasteiger partial charge on any atom is -0.496 e. The van der Waals surface area contributed by atoms with Crippen LogP contribution in [0.2, 0.25) is 0 Å². The van der Waals surface area contributed by atoms with Gasteiger partial charge in [0.25, 0.3) is 0 Å². The maximum atomic E-state index is 15.0. The van der Waals surface area contributed by atoms with Crippen LogP contribution in [0.3, 0.4) is 0 Å². The van der Waals surface area contributed by atoms with Gasteiger partial charge in [-0.1, -0.05) is 24.3 Å². The predicted molar refractivity (Wildman–Crippen MR) is 156 cm³/mol. The van der Waals surface area contributed by atoms with E-state index in [0.29, 0.717) is 17.7 Å². The van der Waals surface area contributed by atoms with Crippen LogP contribution in [0.1, 0.15) is 45.5 Å². The first-order chi connectivity index (χ1) is 20.9. The van der Waals surface area contributed by atoms with Crippen LogP contribution in [0.25, 0.3) is 0 Å². The normalized spacial score (nSPS) is 20.9. The van der Waals surface area contributed by atoms with Crippen LogP contribution in [0, 0.1) is 3.57 Å². The first-order valence-corrected chi connectivity index (χ1v) is 16.1. The second-order valence-corrected chi connectivity index (χ2v) is 14.4. The molecule has 45 heavy (non-hydrogen) atoms. The third-order valence-electron chi connectivity index (χ3n) is 8.69. The van der Waals surface area contributed by atoms with E-state index in [4.69, 9.17) is 4.74 Å². The highest BCUT2D eigenvalue weighted by atomic mass is 127. The molecule has 15 heteroatoms. The van der Waals surface area contributed by atoms with Gasteiger partial charge in [0, 0.05) is 33.8 Å². The summed E-state index contributed by atoms with van der Waals surface area (Å²) in [4.78, 5) is 13.2. The molecule has 5 rings (SSSR count). The van der Waals surface area contributed by atoms with E-state index < -0.39 is 50.2 Å². The van der Waals surface area contributed by atoms with E-state index in [0.717, 1.165) is 9.64 Å². The van der Waals surface area contributed by atoms with Crippen molar-refractivity contribution >= 4 is 38.4 Å². The molecule has 3 aromatic rings. The zero-order valence-corrected chi connectivity index (χ0v) is 26.3. The summed E-state index contributed by atoms with van der Waals surface area (Å²) in [6, 6.07) is 11.1. The lowest BCUT2D eigenvalue weighted by molar-refractivity contribution is -0.348.